The Labute approximate surface area is 181 Å². The highest BCUT2D eigenvalue weighted by Crippen LogP contribution is 2.48. The van der Waals surface area contributed by atoms with E-state index in [-0.39, 0.29) is 31.1 Å². The summed E-state index contributed by atoms with van der Waals surface area (Å²) in [4.78, 5) is 19.5. The lowest BCUT2D eigenvalue weighted by atomic mass is 9.99. The van der Waals surface area contributed by atoms with Crippen molar-refractivity contribution in [2.24, 2.45) is 5.92 Å². The maximum Gasteiger partial charge on any atom is 0.262 e. The van der Waals surface area contributed by atoms with Gasteiger partial charge in [0.15, 0.2) is 11.9 Å². The van der Waals surface area contributed by atoms with Crippen molar-refractivity contribution in [3.63, 3.8) is 0 Å². The fourth-order valence-corrected chi connectivity index (χ4v) is 6.43. The fourth-order valence-electron chi connectivity index (χ4n) is 4.37. The predicted octanol–water partition coefficient (Wildman–Crippen LogP) is 4.45. The van der Waals surface area contributed by atoms with Crippen LogP contribution in [0.1, 0.15) is 67.4 Å². The van der Waals surface area contributed by atoms with Crippen LogP contribution in [0.3, 0.4) is 0 Å². The summed E-state index contributed by atoms with van der Waals surface area (Å²) in [6.45, 7) is 17.0. The van der Waals surface area contributed by atoms with Gasteiger partial charge in [0.25, 0.3) is 5.56 Å². The lowest BCUT2D eigenvalue weighted by Gasteiger charge is -2.37. The van der Waals surface area contributed by atoms with E-state index >= 15 is 0 Å². The Kier molecular flexibility index (Phi) is 8.19. The number of rotatable bonds is 7. The van der Waals surface area contributed by atoms with E-state index in [0.717, 1.165) is 6.42 Å². The van der Waals surface area contributed by atoms with E-state index in [1.165, 1.54) is 0 Å². The van der Waals surface area contributed by atoms with Crippen molar-refractivity contribution in [3.8, 4) is 0 Å². The van der Waals surface area contributed by atoms with Crippen LogP contribution in [0, 0.1) is 12.8 Å². The highest BCUT2D eigenvalue weighted by atomic mass is 31.2. The number of aromatic nitrogens is 4. The monoisotopic (exact) mass is 439 g/mol. The number of hydrogen-bond donors (Lipinski definition) is 1. The molecule has 1 saturated heterocycles. The van der Waals surface area contributed by atoms with Gasteiger partial charge < -0.3 is 14.2 Å². The van der Waals surface area contributed by atoms with E-state index < -0.39 is 14.5 Å². The second-order valence-corrected chi connectivity index (χ2v) is 10.0. The summed E-state index contributed by atoms with van der Waals surface area (Å²) in [5, 5.41) is 4.95. The van der Waals surface area contributed by atoms with Crippen LogP contribution < -0.4 is 5.56 Å². The molecule has 0 aliphatic carbocycles. The molecule has 0 saturated carbocycles. The summed E-state index contributed by atoms with van der Waals surface area (Å²) in [5.74, 6) is 0.766. The number of H-pyrrole nitrogens is 1. The van der Waals surface area contributed by atoms with E-state index in [4.69, 9.17) is 9.26 Å². The van der Waals surface area contributed by atoms with E-state index in [9.17, 15) is 4.79 Å². The average molecular weight is 440 g/mol. The van der Waals surface area contributed by atoms with Gasteiger partial charge in [0.2, 0.25) is 0 Å². The van der Waals surface area contributed by atoms with Gasteiger partial charge in [-0.05, 0) is 47.7 Å². The van der Waals surface area contributed by atoms with Gasteiger partial charge >= 0.3 is 0 Å². The molecule has 30 heavy (non-hydrogen) atoms. The van der Waals surface area contributed by atoms with Crippen molar-refractivity contribution in [2.45, 2.75) is 92.8 Å². The number of aryl methyl sites for hydroxylation is 1. The van der Waals surface area contributed by atoms with E-state index in [1.54, 1.807) is 17.8 Å². The minimum Gasteiger partial charge on any atom is -0.350 e. The first kappa shape index (κ1) is 24.9. The third-order valence-corrected chi connectivity index (χ3v) is 7.71. The summed E-state index contributed by atoms with van der Waals surface area (Å²) in [6, 6.07) is 0.773. The summed E-state index contributed by atoms with van der Waals surface area (Å²) in [7, 11) is -0.819. The summed E-state index contributed by atoms with van der Waals surface area (Å²) < 4.78 is 17.2. The molecule has 0 spiro atoms. The topological polar surface area (TPSA) is 85.3 Å². The van der Waals surface area contributed by atoms with Crippen molar-refractivity contribution in [1.29, 1.82) is 0 Å². The average Bonchev–Trinajstić information content (AvgIpc) is 3.16. The molecule has 5 atom stereocenters. The smallest absolute Gasteiger partial charge is 0.262 e. The minimum atomic E-state index is -0.819. The van der Waals surface area contributed by atoms with Crippen LogP contribution in [0.5, 0.6) is 0 Å². The Morgan fingerprint density at radius 3 is 2.53 bits per heavy atom. The van der Waals surface area contributed by atoms with Gasteiger partial charge in [0.1, 0.15) is 25.6 Å². The largest absolute Gasteiger partial charge is 0.350 e. The molecule has 170 valence electrons. The third kappa shape index (κ3) is 4.62. The highest BCUT2D eigenvalue weighted by molar-refractivity contribution is 7.49. The number of nitrogens with one attached hydrogen (secondary N) is 1. The molecule has 1 fully saturated rings. The number of nitrogens with zero attached hydrogens (tertiary/aromatic N) is 4. The van der Waals surface area contributed by atoms with Gasteiger partial charge in [0.05, 0.1) is 12.3 Å². The van der Waals surface area contributed by atoms with Crippen LogP contribution in [-0.4, -0.2) is 55.4 Å². The molecular weight excluding hydrogens is 401 g/mol. The Morgan fingerprint density at radius 1 is 1.33 bits per heavy atom. The number of aromatic amines is 1. The lowest BCUT2D eigenvalue weighted by Crippen LogP contribution is -2.35. The van der Waals surface area contributed by atoms with Gasteiger partial charge in [-0.15, -0.1) is 0 Å². The molecule has 2 aromatic heterocycles. The predicted molar refractivity (Wildman–Crippen MR) is 123 cm³/mol. The molecule has 8 nitrogen and oxygen atoms in total. The SMILES string of the molecule is C.CC[C@H]1O[C@@H](n2ncc3c(=O)[nH]c(C)nc32)C(OP(C)N(C(C)C)C(C)C)[C@H]1C. The Morgan fingerprint density at radius 2 is 1.97 bits per heavy atom. The first-order valence-electron chi connectivity index (χ1n) is 10.4. The zero-order valence-electron chi connectivity index (χ0n) is 18.7. The molecule has 0 radical (unpaired) electrons. The Bertz CT molecular complexity index is 888. The fraction of sp³-hybridized carbons (Fsp3) is 0.762. The molecule has 0 amide bonds. The van der Waals surface area contributed by atoms with Crippen LogP contribution >= 0.6 is 8.30 Å². The van der Waals surface area contributed by atoms with Gasteiger partial charge in [-0.1, -0.05) is 21.3 Å². The molecule has 1 aliphatic rings. The van der Waals surface area contributed by atoms with Crippen molar-refractivity contribution in [1.82, 2.24) is 24.4 Å². The van der Waals surface area contributed by atoms with E-state index in [1.807, 2.05) is 0 Å². The van der Waals surface area contributed by atoms with Gasteiger partial charge in [-0.25, -0.2) is 9.67 Å². The Balaban J connectivity index is 0.00000320. The normalized spacial score (nSPS) is 25.4. The zero-order chi connectivity index (χ0) is 21.5. The number of ether oxygens (including phenoxy) is 1. The summed E-state index contributed by atoms with van der Waals surface area (Å²) in [6.07, 6.45) is 1.95. The van der Waals surface area contributed by atoms with Crippen molar-refractivity contribution in [3.05, 3.63) is 22.4 Å². The highest BCUT2D eigenvalue weighted by Gasteiger charge is 2.45. The molecule has 3 heterocycles. The first-order valence-corrected chi connectivity index (χ1v) is 12.1. The van der Waals surface area contributed by atoms with Crippen molar-refractivity contribution < 1.29 is 9.26 Å². The van der Waals surface area contributed by atoms with Gasteiger partial charge in [0, 0.05) is 18.0 Å². The summed E-state index contributed by atoms with van der Waals surface area (Å²) in [5.41, 5.74) is 0.358. The van der Waals surface area contributed by atoms with Crippen LogP contribution in [0.25, 0.3) is 11.0 Å². The molecule has 9 heteroatoms. The first-order chi connectivity index (χ1) is 13.6. The van der Waals surface area contributed by atoms with Crippen LogP contribution in [-0.2, 0) is 9.26 Å². The van der Waals surface area contributed by atoms with Crippen molar-refractivity contribution >= 4 is 19.3 Å². The van der Waals surface area contributed by atoms with E-state index in [0.29, 0.717) is 28.9 Å². The van der Waals surface area contributed by atoms with Crippen LogP contribution in [0.4, 0.5) is 0 Å². The molecule has 2 unspecified atom stereocenters. The molecule has 0 aromatic carbocycles. The van der Waals surface area contributed by atoms with Crippen LogP contribution in [0.2, 0.25) is 0 Å². The molecule has 1 N–H and O–H groups in total. The third-order valence-electron chi connectivity index (χ3n) is 5.58. The molecule has 3 rings (SSSR count). The molecule has 2 aromatic rings. The standard InChI is InChI=1S/C20H34N5O3P.CH4/c1-9-16-13(6)17(28-29(8)25(11(2)3)12(4)5)20(27-16)24-18-15(10-21-24)19(26)23-14(7)22-18;/h10-13,16-17,20H,9H2,1-8H3,(H,22,23,26);1H4/t13-,16+,17?,20+,29?;/m0./s1. The molecule has 0 bridgehead atoms. The minimum absolute atomic E-state index is 0. The lowest BCUT2D eigenvalue weighted by molar-refractivity contribution is -0.0357. The maximum atomic E-state index is 12.3. The number of hydrogen-bond acceptors (Lipinski definition) is 6. The second kappa shape index (κ2) is 9.86. The van der Waals surface area contributed by atoms with Gasteiger partial charge in [-0.2, -0.15) is 5.10 Å². The Hall–Kier alpha value is -1.34. The van der Waals surface area contributed by atoms with Crippen LogP contribution in [0.15, 0.2) is 11.0 Å². The van der Waals surface area contributed by atoms with E-state index in [2.05, 4.69) is 67.9 Å². The zero-order valence-corrected chi connectivity index (χ0v) is 19.6. The van der Waals surface area contributed by atoms with Gasteiger partial charge in [-0.3, -0.25) is 9.46 Å². The van der Waals surface area contributed by atoms with Crippen molar-refractivity contribution in [2.75, 3.05) is 6.66 Å². The second-order valence-electron chi connectivity index (χ2n) is 8.41. The summed E-state index contributed by atoms with van der Waals surface area (Å²) >= 11 is 0. The maximum absolute atomic E-state index is 12.3. The molecule has 1 aliphatic heterocycles. The number of fused-ring (bicyclic) bond motifs is 1. The molecular formula is C21H38N5O3P. The quantitative estimate of drug-likeness (QED) is 0.642.